The van der Waals surface area contributed by atoms with Crippen LogP contribution in [0.5, 0.6) is 0 Å². The number of anilines is 1. The highest BCUT2D eigenvalue weighted by atomic mass is 16.5. The topological polar surface area (TPSA) is 81.6 Å². The van der Waals surface area contributed by atoms with Gasteiger partial charge in [0.2, 0.25) is 0 Å². The third-order valence-corrected chi connectivity index (χ3v) is 4.77. The van der Waals surface area contributed by atoms with E-state index in [0.29, 0.717) is 50.4 Å². The molecule has 0 aromatic carbocycles. The van der Waals surface area contributed by atoms with Gasteiger partial charge < -0.3 is 14.4 Å². The number of hydrogen-bond donors (Lipinski definition) is 0. The lowest BCUT2D eigenvalue weighted by molar-refractivity contribution is -0.148. The van der Waals surface area contributed by atoms with Crippen molar-refractivity contribution in [2.75, 3.05) is 31.2 Å². The number of hydrogen-bond acceptors (Lipinski definition) is 7. The van der Waals surface area contributed by atoms with E-state index < -0.39 is 5.97 Å². The van der Waals surface area contributed by atoms with Gasteiger partial charge in [-0.1, -0.05) is 0 Å². The van der Waals surface area contributed by atoms with Crippen molar-refractivity contribution in [2.24, 2.45) is 5.92 Å². The van der Waals surface area contributed by atoms with Gasteiger partial charge in [0, 0.05) is 30.4 Å². The van der Waals surface area contributed by atoms with Crippen LogP contribution in [0.2, 0.25) is 0 Å². The van der Waals surface area contributed by atoms with E-state index in [-0.39, 0.29) is 11.9 Å². The molecule has 0 spiro atoms. The lowest BCUT2D eigenvalue weighted by Gasteiger charge is -2.34. The zero-order valence-corrected chi connectivity index (χ0v) is 16.0. The standard InChI is InChI=1S/C20H25N3O4/c1-4-26-19(24)14-8-10-23(11-9-14)17-15-7-6-13(3)22-18(15)21-12-16(17)20(25)27-5-2/h6-7,12,14H,4-5,8-11H2,1-3H3. The van der Waals surface area contributed by atoms with Crippen LogP contribution in [0.4, 0.5) is 5.69 Å². The van der Waals surface area contributed by atoms with E-state index in [2.05, 4.69) is 14.9 Å². The molecule has 1 saturated heterocycles. The molecule has 0 unspecified atom stereocenters. The Morgan fingerprint density at radius 1 is 1.15 bits per heavy atom. The number of aryl methyl sites for hydroxylation is 1. The Labute approximate surface area is 158 Å². The van der Waals surface area contributed by atoms with Gasteiger partial charge >= 0.3 is 11.9 Å². The van der Waals surface area contributed by atoms with Gasteiger partial charge in [-0.2, -0.15) is 0 Å². The van der Waals surface area contributed by atoms with Crippen molar-refractivity contribution in [3.05, 3.63) is 29.6 Å². The van der Waals surface area contributed by atoms with Crippen LogP contribution < -0.4 is 4.90 Å². The first kappa shape index (κ1) is 19.1. The zero-order valence-electron chi connectivity index (χ0n) is 16.0. The number of nitrogens with zero attached hydrogens (tertiary/aromatic N) is 3. The molecule has 0 saturated carbocycles. The molecule has 2 aromatic heterocycles. The number of aromatic nitrogens is 2. The Hall–Kier alpha value is -2.70. The normalized spacial score (nSPS) is 15.0. The quantitative estimate of drug-likeness (QED) is 0.748. The van der Waals surface area contributed by atoms with Crippen LogP contribution in [0.15, 0.2) is 18.3 Å². The summed E-state index contributed by atoms with van der Waals surface area (Å²) >= 11 is 0. The van der Waals surface area contributed by atoms with E-state index >= 15 is 0 Å². The zero-order chi connectivity index (χ0) is 19.4. The first-order chi connectivity index (χ1) is 13.0. The van der Waals surface area contributed by atoms with Gasteiger partial charge in [0.05, 0.1) is 24.8 Å². The summed E-state index contributed by atoms with van der Waals surface area (Å²) in [4.78, 5) is 35.5. The number of fused-ring (bicyclic) bond motifs is 1. The number of esters is 2. The van der Waals surface area contributed by atoms with Crippen molar-refractivity contribution in [2.45, 2.75) is 33.6 Å². The molecule has 0 aliphatic carbocycles. The average Bonchev–Trinajstić information content (AvgIpc) is 2.67. The highest BCUT2D eigenvalue weighted by Gasteiger charge is 2.29. The summed E-state index contributed by atoms with van der Waals surface area (Å²) in [5, 5.41) is 0.820. The fraction of sp³-hybridized carbons (Fsp3) is 0.500. The summed E-state index contributed by atoms with van der Waals surface area (Å²) in [6, 6.07) is 3.86. The first-order valence-corrected chi connectivity index (χ1v) is 9.40. The minimum absolute atomic E-state index is 0.0966. The van der Waals surface area contributed by atoms with Gasteiger partial charge in [-0.25, -0.2) is 14.8 Å². The maximum atomic E-state index is 12.5. The summed E-state index contributed by atoms with van der Waals surface area (Å²) in [5.41, 5.74) is 2.69. The van der Waals surface area contributed by atoms with Crippen LogP contribution in [0.1, 0.15) is 42.7 Å². The predicted molar refractivity (Wildman–Crippen MR) is 102 cm³/mol. The summed E-state index contributed by atoms with van der Waals surface area (Å²) in [7, 11) is 0. The van der Waals surface area contributed by atoms with Crippen molar-refractivity contribution in [1.29, 1.82) is 0 Å². The Morgan fingerprint density at radius 3 is 2.52 bits per heavy atom. The van der Waals surface area contributed by atoms with Crippen molar-refractivity contribution in [1.82, 2.24) is 9.97 Å². The van der Waals surface area contributed by atoms with Gasteiger partial charge in [0.15, 0.2) is 5.65 Å². The van der Waals surface area contributed by atoms with Crippen molar-refractivity contribution >= 4 is 28.7 Å². The number of pyridine rings is 2. The van der Waals surface area contributed by atoms with Crippen LogP contribution in [-0.4, -0.2) is 48.2 Å². The molecule has 0 N–H and O–H groups in total. The van der Waals surface area contributed by atoms with Gasteiger partial charge in [0.1, 0.15) is 5.56 Å². The van der Waals surface area contributed by atoms with Gasteiger partial charge in [0.25, 0.3) is 0 Å². The molecule has 1 aliphatic heterocycles. The molecule has 0 radical (unpaired) electrons. The SMILES string of the molecule is CCOC(=O)c1cnc2nc(C)ccc2c1N1CCC(C(=O)OCC)CC1. The smallest absolute Gasteiger partial charge is 0.341 e. The van der Waals surface area contributed by atoms with E-state index in [1.165, 1.54) is 0 Å². The molecule has 2 aromatic rings. The molecule has 3 rings (SSSR count). The summed E-state index contributed by atoms with van der Waals surface area (Å²) in [5.74, 6) is -0.629. The van der Waals surface area contributed by atoms with Crippen molar-refractivity contribution in [3.63, 3.8) is 0 Å². The summed E-state index contributed by atoms with van der Waals surface area (Å²) in [6.45, 7) is 7.51. The Balaban J connectivity index is 1.95. The second kappa shape index (κ2) is 8.33. The van der Waals surface area contributed by atoms with E-state index in [0.717, 1.165) is 16.8 Å². The highest BCUT2D eigenvalue weighted by Crippen LogP contribution is 2.33. The number of carbonyl (C=O) groups excluding carboxylic acids is 2. The lowest BCUT2D eigenvalue weighted by atomic mass is 9.95. The number of carbonyl (C=O) groups is 2. The second-order valence-electron chi connectivity index (χ2n) is 6.58. The van der Waals surface area contributed by atoms with E-state index in [9.17, 15) is 9.59 Å². The first-order valence-electron chi connectivity index (χ1n) is 9.40. The Morgan fingerprint density at radius 2 is 1.85 bits per heavy atom. The van der Waals surface area contributed by atoms with E-state index in [1.807, 2.05) is 26.0 Å². The number of rotatable bonds is 5. The number of ether oxygens (including phenoxy) is 2. The molecule has 1 fully saturated rings. The van der Waals surface area contributed by atoms with Crippen molar-refractivity contribution < 1.29 is 19.1 Å². The Bertz CT molecular complexity index is 844. The third kappa shape index (κ3) is 4.02. The lowest BCUT2D eigenvalue weighted by Crippen LogP contribution is -2.38. The molecule has 1 aliphatic rings. The summed E-state index contributed by atoms with van der Waals surface area (Å²) < 4.78 is 10.4. The van der Waals surface area contributed by atoms with Crippen LogP contribution in [0, 0.1) is 12.8 Å². The van der Waals surface area contributed by atoms with Crippen LogP contribution >= 0.6 is 0 Å². The Kier molecular flexibility index (Phi) is 5.88. The second-order valence-corrected chi connectivity index (χ2v) is 6.58. The molecule has 7 heteroatoms. The maximum absolute atomic E-state index is 12.5. The van der Waals surface area contributed by atoms with Crippen LogP contribution in [0.25, 0.3) is 11.0 Å². The van der Waals surface area contributed by atoms with Gasteiger partial charge in [-0.05, 0) is 45.7 Å². The molecule has 0 amide bonds. The molecular formula is C20H25N3O4. The van der Waals surface area contributed by atoms with E-state index in [4.69, 9.17) is 9.47 Å². The molecule has 7 nitrogen and oxygen atoms in total. The molecule has 0 atom stereocenters. The third-order valence-electron chi connectivity index (χ3n) is 4.77. The number of piperidine rings is 1. The fourth-order valence-corrected chi connectivity index (χ4v) is 3.46. The van der Waals surface area contributed by atoms with Gasteiger partial charge in [-0.15, -0.1) is 0 Å². The minimum atomic E-state index is -0.394. The van der Waals surface area contributed by atoms with Crippen LogP contribution in [-0.2, 0) is 14.3 Å². The average molecular weight is 371 g/mol. The maximum Gasteiger partial charge on any atom is 0.341 e. The van der Waals surface area contributed by atoms with Crippen molar-refractivity contribution in [3.8, 4) is 0 Å². The van der Waals surface area contributed by atoms with E-state index in [1.54, 1.807) is 13.1 Å². The molecule has 0 bridgehead atoms. The summed E-state index contributed by atoms with van der Waals surface area (Å²) in [6.07, 6.45) is 2.91. The largest absolute Gasteiger partial charge is 0.466 e. The van der Waals surface area contributed by atoms with Crippen LogP contribution in [0.3, 0.4) is 0 Å². The van der Waals surface area contributed by atoms with Gasteiger partial charge in [-0.3, -0.25) is 4.79 Å². The minimum Gasteiger partial charge on any atom is -0.466 e. The molecule has 3 heterocycles. The fourth-order valence-electron chi connectivity index (χ4n) is 3.46. The molecule has 27 heavy (non-hydrogen) atoms. The predicted octanol–water partition coefficient (Wildman–Crippen LogP) is 2.89. The highest BCUT2D eigenvalue weighted by molar-refractivity contribution is 6.04. The monoisotopic (exact) mass is 371 g/mol. The molecule has 144 valence electrons. The molecular weight excluding hydrogens is 346 g/mol.